The van der Waals surface area contributed by atoms with E-state index in [2.05, 4.69) is 32.0 Å². The van der Waals surface area contributed by atoms with Crippen LogP contribution in [0, 0.1) is 6.92 Å². The molecule has 0 atom stereocenters. The van der Waals surface area contributed by atoms with E-state index in [1.807, 2.05) is 25.3 Å². The molecule has 88 valence electrons. The molecule has 0 saturated heterocycles. The van der Waals surface area contributed by atoms with Gasteiger partial charge in [0, 0.05) is 18.9 Å². The predicted octanol–water partition coefficient (Wildman–Crippen LogP) is 3.16. The van der Waals surface area contributed by atoms with Gasteiger partial charge in [-0.1, -0.05) is 6.07 Å². The number of aromatic nitrogens is 2. The predicted molar refractivity (Wildman–Crippen MR) is 72.9 cm³/mol. The molecule has 2 aromatic rings. The van der Waals surface area contributed by atoms with Crippen molar-refractivity contribution >= 4 is 27.7 Å². The summed E-state index contributed by atoms with van der Waals surface area (Å²) < 4.78 is 0.981. The van der Waals surface area contributed by atoms with Crippen molar-refractivity contribution in [1.29, 1.82) is 0 Å². The number of rotatable bonds is 3. The minimum absolute atomic E-state index is 0.520. The van der Waals surface area contributed by atoms with E-state index in [0.29, 0.717) is 6.54 Å². The molecule has 0 saturated carbocycles. The highest BCUT2D eigenvalue weighted by Crippen LogP contribution is 2.31. The Labute approximate surface area is 113 Å². The summed E-state index contributed by atoms with van der Waals surface area (Å²) in [4.78, 5) is 8.72. The highest BCUT2D eigenvalue weighted by atomic mass is 79.9. The lowest BCUT2D eigenvalue weighted by Gasteiger charge is -2.06. The zero-order valence-corrected chi connectivity index (χ0v) is 11.8. The topological polar surface area (TPSA) is 51.8 Å². The molecule has 0 aromatic carbocycles. The summed E-state index contributed by atoms with van der Waals surface area (Å²) in [7, 11) is 0. The third kappa shape index (κ3) is 3.06. The first kappa shape index (κ1) is 12.5. The Balaban J connectivity index is 2.28. The zero-order valence-electron chi connectivity index (χ0n) is 9.35. The van der Waals surface area contributed by atoms with Crippen molar-refractivity contribution in [1.82, 2.24) is 9.97 Å². The largest absolute Gasteiger partial charge is 0.326 e. The smallest absolute Gasteiger partial charge is 0.116 e. The highest BCUT2D eigenvalue weighted by Gasteiger charge is 2.07. The molecule has 0 unspecified atom stereocenters. The van der Waals surface area contributed by atoms with Gasteiger partial charge in [0.05, 0.1) is 4.47 Å². The Morgan fingerprint density at radius 3 is 2.82 bits per heavy atom. The molecule has 0 spiro atoms. The van der Waals surface area contributed by atoms with Crippen LogP contribution in [0.3, 0.4) is 0 Å². The Morgan fingerprint density at radius 1 is 1.35 bits per heavy atom. The van der Waals surface area contributed by atoms with Crippen LogP contribution in [0.15, 0.2) is 45.1 Å². The van der Waals surface area contributed by atoms with E-state index in [1.165, 1.54) is 0 Å². The number of hydrogen-bond donors (Lipinski definition) is 1. The lowest BCUT2D eigenvalue weighted by atomic mass is 10.2. The summed E-state index contributed by atoms with van der Waals surface area (Å²) >= 11 is 5.03. The normalized spacial score (nSPS) is 10.5. The Kier molecular flexibility index (Phi) is 4.15. The van der Waals surface area contributed by atoms with Crippen molar-refractivity contribution in [3.05, 3.63) is 46.2 Å². The number of halogens is 1. The fraction of sp³-hybridized carbons (Fsp3) is 0.167. The fourth-order valence-electron chi connectivity index (χ4n) is 1.38. The van der Waals surface area contributed by atoms with Crippen molar-refractivity contribution < 1.29 is 0 Å². The number of nitrogens with zero attached hydrogens (tertiary/aromatic N) is 2. The second kappa shape index (κ2) is 5.62. The summed E-state index contributed by atoms with van der Waals surface area (Å²) in [6, 6.07) is 5.93. The summed E-state index contributed by atoms with van der Waals surface area (Å²) in [5.41, 5.74) is 7.75. The average molecular weight is 310 g/mol. The van der Waals surface area contributed by atoms with E-state index in [9.17, 15) is 0 Å². The quantitative estimate of drug-likeness (QED) is 0.946. The number of aryl methyl sites for hydroxylation is 1. The van der Waals surface area contributed by atoms with E-state index in [0.717, 1.165) is 25.7 Å². The van der Waals surface area contributed by atoms with Gasteiger partial charge in [0.25, 0.3) is 0 Å². The maximum Gasteiger partial charge on any atom is 0.116 e. The van der Waals surface area contributed by atoms with Crippen LogP contribution in [0.25, 0.3) is 0 Å². The van der Waals surface area contributed by atoms with E-state index >= 15 is 0 Å². The van der Waals surface area contributed by atoms with Crippen LogP contribution in [-0.4, -0.2) is 9.97 Å². The molecule has 0 bridgehead atoms. The first-order valence-corrected chi connectivity index (χ1v) is 6.75. The van der Waals surface area contributed by atoms with Gasteiger partial charge in [0.1, 0.15) is 10.1 Å². The van der Waals surface area contributed by atoms with Crippen molar-refractivity contribution in [2.75, 3.05) is 0 Å². The van der Waals surface area contributed by atoms with Gasteiger partial charge in [0.2, 0.25) is 0 Å². The summed E-state index contributed by atoms with van der Waals surface area (Å²) in [6.07, 6.45) is 3.59. The monoisotopic (exact) mass is 309 g/mol. The van der Waals surface area contributed by atoms with Crippen LogP contribution in [0.5, 0.6) is 0 Å². The second-order valence-electron chi connectivity index (χ2n) is 3.56. The molecule has 0 fully saturated rings. The molecular formula is C12H12BrN3S. The number of nitrogens with two attached hydrogens (primary N) is 1. The van der Waals surface area contributed by atoms with Gasteiger partial charge in [-0.25, -0.2) is 9.97 Å². The van der Waals surface area contributed by atoms with Crippen molar-refractivity contribution in [2.45, 2.75) is 23.5 Å². The van der Waals surface area contributed by atoms with Crippen LogP contribution in [0.1, 0.15) is 11.1 Å². The maximum atomic E-state index is 5.58. The van der Waals surface area contributed by atoms with Gasteiger partial charge in [-0.15, -0.1) is 0 Å². The van der Waals surface area contributed by atoms with Gasteiger partial charge in [-0.05, 0) is 57.9 Å². The molecule has 0 radical (unpaired) electrons. The lowest BCUT2D eigenvalue weighted by Crippen LogP contribution is -1.98. The first-order valence-electron chi connectivity index (χ1n) is 5.14. The van der Waals surface area contributed by atoms with Gasteiger partial charge in [-0.3, -0.25) is 0 Å². The molecule has 17 heavy (non-hydrogen) atoms. The Bertz CT molecular complexity index is 531. The molecule has 0 amide bonds. The zero-order chi connectivity index (χ0) is 12.3. The van der Waals surface area contributed by atoms with Crippen LogP contribution in [-0.2, 0) is 6.54 Å². The van der Waals surface area contributed by atoms with Crippen molar-refractivity contribution in [3.63, 3.8) is 0 Å². The summed E-state index contributed by atoms with van der Waals surface area (Å²) in [5, 5.41) is 1.88. The van der Waals surface area contributed by atoms with Crippen molar-refractivity contribution in [2.24, 2.45) is 5.73 Å². The number of hydrogen-bond acceptors (Lipinski definition) is 4. The fourth-order valence-corrected chi connectivity index (χ4v) is 2.66. The molecule has 3 nitrogen and oxygen atoms in total. The molecule has 0 aliphatic carbocycles. The maximum absolute atomic E-state index is 5.58. The summed E-state index contributed by atoms with van der Waals surface area (Å²) in [6.45, 7) is 2.55. The molecular weight excluding hydrogens is 298 g/mol. The molecule has 2 aromatic heterocycles. The van der Waals surface area contributed by atoms with Crippen LogP contribution in [0.4, 0.5) is 0 Å². The van der Waals surface area contributed by atoms with Gasteiger partial charge >= 0.3 is 0 Å². The Hall–Kier alpha value is -0.910. The van der Waals surface area contributed by atoms with E-state index in [4.69, 9.17) is 5.73 Å². The first-order chi connectivity index (χ1) is 8.20. The minimum Gasteiger partial charge on any atom is -0.326 e. The van der Waals surface area contributed by atoms with E-state index < -0.39 is 0 Å². The second-order valence-corrected chi connectivity index (χ2v) is 5.39. The molecule has 2 N–H and O–H groups in total. The molecule has 2 heterocycles. The van der Waals surface area contributed by atoms with Gasteiger partial charge in [0.15, 0.2) is 0 Å². The lowest BCUT2D eigenvalue weighted by molar-refractivity contribution is 0.983. The standard InChI is InChI=1S/C12H12BrN3S/c1-8-5-9(6-14)7-16-11(8)17-12-10(13)3-2-4-15-12/h2-5,7H,6,14H2,1H3. The third-order valence-electron chi connectivity index (χ3n) is 2.24. The molecule has 0 aliphatic rings. The number of pyridine rings is 2. The van der Waals surface area contributed by atoms with Crippen molar-refractivity contribution in [3.8, 4) is 0 Å². The third-order valence-corrected chi connectivity index (χ3v) is 4.28. The highest BCUT2D eigenvalue weighted by molar-refractivity contribution is 9.10. The average Bonchev–Trinajstić information content (AvgIpc) is 2.34. The van der Waals surface area contributed by atoms with Gasteiger partial charge < -0.3 is 5.73 Å². The molecule has 2 rings (SSSR count). The van der Waals surface area contributed by atoms with Crippen LogP contribution < -0.4 is 5.73 Å². The summed E-state index contributed by atoms with van der Waals surface area (Å²) in [5.74, 6) is 0. The van der Waals surface area contributed by atoms with Crippen LogP contribution >= 0.6 is 27.7 Å². The van der Waals surface area contributed by atoms with E-state index in [1.54, 1.807) is 18.0 Å². The Morgan fingerprint density at radius 2 is 2.18 bits per heavy atom. The van der Waals surface area contributed by atoms with Crippen LogP contribution in [0.2, 0.25) is 0 Å². The van der Waals surface area contributed by atoms with E-state index in [-0.39, 0.29) is 0 Å². The minimum atomic E-state index is 0.520. The molecule has 5 heteroatoms. The SMILES string of the molecule is Cc1cc(CN)cnc1Sc1ncccc1Br. The van der Waals surface area contributed by atoms with Gasteiger partial charge in [-0.2, -0.15) is 0 Å². The molecule has 0 aliphatic heterocycles.